The van der Waals surface area contributed by atoms with Gasteiger partial charge >= 0.3 is 0 Å². The molecule has 0 saturated carbocycles. The normalized spacial score (nSPS) is 12.5. The van der Waals surface area contributed by atoms with E-state index in [0.717, 1.165) is 0 Å². The molecule has 1 unspecified atom stereocenters. The molecule has 72 valence electrons. The number of aromatic hydroxyl groups is 1. The zero-order valence-electron chi connectivity index (χ0n) is 7.40. The van der Waals surface area contributed by atoms with Crippen LogP contribution in [0.25, 0.3) is 0 Å². The van der Waals surface area contributed by atoms with Crippen molar-refractivity contribution in [2.24, 2.45) is 5.73 Å². The standard InChI is InChI=1S/C9H13NO3/c1-13-8-3-6(9(12)5-10)2-7(11)4-8/h2-4,9,11-12H,5,10H2,1H3. The van der Waals surface area contributed by atoms with E-state index >= 15 is 0 Å². The van der Waals surface area contributed by atoms with E-state index in [1.165, 1.54) is 19.2 Å². The van der Waals surface area contributed by atoms with Gasteiger partial charge in [-0.1, -0.05) is 0 Å². The SMILES string of the molecule is COc1cc(O)cc(C(O)CN)c1. The smallest absolute Gasteiger partial charge is 0.122 e. The zero-order valence-corrected chi connectivity index (χ0v) is 7.40. The molecular weight excluding hydrogens is 170 g/mol. The first-order valence-electron chi connectivity index (χ1n) is 3.93. The average Bonchev–Trinajstić information content (AvgIpc) is 2.15. The van der Waals surface area contributed by atoms with Crippen LogP contribution in [0.2, 0.25) is 0 Å². The lowest BCUT2D eigenvalue weighted by Crippen LogP contribution is -2.11. The monoisotopic (exact) mass is 183 g/mol. The maximum absolute atomic E-state index is 9.38. The average molecular weight is 183 g/mol. The number of hydrogen-bond acceptors (Lipinski definition) is 4. The second-order valence-corrected chi connectivity index (χ2v) is 2.72. The van der Waals surface area contributed by atoms with Crippen LogP contribution in [-0.4, -0.2) is 23.9 Å². The molecule has 0 bridgehead atoms. The summed E-state index contributed by atoms with van der Waals surface area (Å²) in [5.41, 5.74) is 5.83. The first kappa shape index (κ1) is 9.83. The van der Waals surface area contributed by atoms with Crippen LogP contribution in [0.3, 0.4) is 0 Å². The Bertz CT molecular complexity index is 288. The molecule has 1 aromatic carbocycles. The Morgan fingerprint density at radius 2 is 2.15 bits per heavy atom. The van der Waals surface area contributed by atoms with Gasteiger partial charge in [-0.15, -0.1) is 0 Å². The molecule has 0 radical (unpaired) electrons. The molecule has 0 aromatic heterocycles. The molecular formula is C9H13NO3. The van der Waals surface area contributed by atoms with Gasteiger partial charge in [-0.05, 0) is 17.7 Å². The Kier molecular flexibility index (Phi) is 3.11. The van der Waals surface area contributed by atoms with Gasteiger partial charge in [0.25, 0.3) is 0 Å². The predicted molar refractivity (Wildman–Crippen MR) is 48.7 cm³/mol. The predicted octanol–water partition coefficient (Wildman–Crippen LogP) is 0.393. The maximum Gasteiger partial charge on any atom is 0.122 e. The highest BCUT2D eigenvalue weighted by molar-refractivity contribution is 5.38. The van der Waals surface area contributed by atoms with Gasteiger partial charge in [0, 0.05) is 12.6 Å². The van der Waals surface area contributed by atoms with Crippen molar-refractivity contribution in [1.82, 2.24) is 0 Å². The van der Waals surface area contributed by atoms with Crippen molar-refractivity contribution in [3.8, 4) is 11.5 Å². The lowest BCUT2D eigenvalue weighted by Gasteiger charge is -2.10. The van der Waals surface area contributed by atoms with Gasteiger partial charge in [-0.3, -0.25) is 0 Å². The van der Waals surface area contributed by atoms with Crippen LogP contribution in [0.4, 0.5) is 0 Å². The number of phenols is 1. The molecule has 4 heteroatoms. The van der Waals surface area contributed by atoms with Crippen LogP contribution in [0.5, 0.6) is 11.5 Å². The molecule has 0 heterocycles. The molecule has 0 aliphatic heterocycles. The van der Waals surface area contributed by atoms with Crippen LogP contribution in [0, 0.1) is 0 Å². The highest BCUT2D eigenvalue weighted by Crippen LogP contribution is 2.24. The lowest BCUT2D eigenvalue weighted by atomic mass is 10.1. The van der Waals surface area contributed by atoms with E-state index in [0.29, 0.717) is 11.3 Å². The van der Waals surface area contributed by atoms with E-state index in [1.807, 2.05) is 0 Å². The van der Waals surface area contributed by atoms with Gasteiger partial charge < -0.3 is 20.7 Å². The lowest BCUT2D eigenvalue weighted by molar-refractivity contribution is 0.186. The number of methoxy groups -OCH3 is 1. The summed E-state index contributed by atoms with van der Waals surface area (Å²) in [7, 11) is 1.49. The van der Waals surface area contributed by atoms with Gasteiger partial charge in [-0.2, -0.15) is 0 Å². The Morgan fingerprint density at radius 3 is 2.69 bits per heavy atom. The van der Waals surface area contributed by atoms with Crippen LogP contribution in [0.15, 0.2) is 18.2 Å². The van der Waals surface area contributed by atoms with Crippen LogP contribution < -0.4 is 10.5 Å². The summed E-state index contributed by atoms with van der Waals surface area (Å²) in [6, 6.07) is 4.56. The fourth-order valence-corrected chi connectivity index (χ4v) is 1.05. The largest absolute Gasteiger partial charge is 0.508 e. The number of ether oxygens (including phenoxy) is 1. The summed E-state index contributed by atoms with van der Waals surface area (Å²) >= 11 is 0. The minimum Gasteiger partial charge on any atom is -0.508 e. The van der Waals surface area contributed by atoms with Crippen molar-refractivity contribution in [1.29, 1.82) is 0 Å². The Morgan fingerprint density at radius 1 is 1.46 bits per heavy atom. The topological polar surface area (TPSA) is 75.7 Å². The molecule has 0 amide bonds. The molecule has 0 aliphatic rings. The van der Waals surface area contributed by atoms with Crippen molar-refractivity contribution >= 4 is 0 Å². The molecule has 1 rings (SSSR count). The summed E-state index contributed by atoms with van der Waals surface area (Å²) in [5, 5.41) is 18.6. The molecule has 1 aromatic rings. The fraction of sp³-hybridized carbons (Fsp3) is 0.333. The number of aliphatic hydroxyl groups is 1. The molecule has 0 saturated heterocycles. The van der Waals surface area contributed by atoms with Gasteiger partial charge in [-0.25, -0.2) is 0 Å². The van der Waals surface area contributed by atoms with Crippen molar-refractivity contribution in [3.63, 3.8) is 0 Å². The van der Waals surface area contributed by atoms with Crippen LogP contribution in [-0.2, 0) is 0 Å². The molecule has 0 aliphatic carbocycles. The van der Waals surface area contributed by atoms with Gasteiger partial charge in [0.2, 0.25) is 0 Å². The van der Waals surface area contributed by atoms with Crippen LogP contribution >= 0.6 is 0 Å². The Hall–Kier alpha value is -1.26. The van der Waals surface area contributed by atoms with Gasteiger partial charge in [0.1, 0.15) is 11.5 Å². The van der Waals surface area contributed by atoms with Crippen molar-refractivity contribution in [3.05, 3.63) is 23.8 Å². The first-order chi connectivity index (χ1) is 6.17. The van der Waals surface area contributed by atoms with E-state index in [9.17, 15) is 10.2 Å². The fourth-order valence-electron chi connectivity index (χ4n) is 1.05. The molecule has 1 atom stereocenters. The van der Waals surface area contributed by atoms with Crippen molar-refractivity contribution in [2.75, 3.05) is 13.7 Å². The minimum atomic E-state index is -0.763. The van der Waals surface area contributed by atoms with E-state index in [1.54, 1.807) is 6.07 Å². The second-order valence-electron chi connectivity index (χ2n) is 2.72. The number of phenolic OH excluding ortho intramolecular Hbond substituents is 1. The maximum atomic E-state index is 9.38. The van der Waals surface area contributed by atoms with Crippen molar-refractivity contribution in [2.45, 2.75) is 6.10 Å². The molecule has 0 fully saturated rings. The van der Waals surface area contributed by atoms with E-state index < -0.39 is 6.10 Å². The molecule has 13 heavy (non-hydrogen) atoms. The first-order valence-corrected chi connectivity index (χ1v) is 3.93. The molecule has 4 N–H and O–H groups in total. The third-order valence-electron chi connectivity index (χ3n) is 1.76. The number of nitrogens with two attached hydrogens (primary N) is 1. The number of rotatable bonds is 3. The van der Waals surface area contributed by atoms with E-state index in [-0.39, 0.29) is 12.3 Å². The summed E-state index contributed by atoms with van der Waals surface area (Å²) in [5.74, 6) is 0.560. The second kappa shape index (κ2) is 4.11. The Balaban J connectivity index is 3.01. The third kappa shape index (κ3) is 2.34. The Labute approximate surface area is 76.6 Å². The third-order valence-corrected chi connectivity index (χ3v) is 1.76. The van der Waals surface area contributed by atoms with E-state index in [4.69, 9.17) is 10.5 Å². The highest BCUT2D eigenvalue weighted by atomic mass is 16.5. The number of benzene rings is 1. The van der Waals surface area contributed by atoms with Crippen molar-refractivity contribution < 1.29 is 14.9 Å². The summed E-state index contributed by atoms with van der Waals surface area (Å²) < 4.78 is 4.92. The number of hydrogen-bond donors (Lipinski definition) is 3. The number of aliphatic hydroxyl groups excluding tert-OH is 1. The van der Waals surface area contributed by atoms with Crippen LogP contribution in [0.1, 0.15) is 11.7 Å². The summed E-state index contributed by atoms with van der Waals surface area (Å²) in [6.07, 6.45) is -0.763. The summed E-state index contributed by atoms with van der Waals surface area (Å²) in [4.78, 5) is 0. The highest BCUT2D eigenvalue weighted by Gasteiger charge is 2.07. The quantitative estimate of drug-likeness (QED) is 0.633. The summed E-state index contributed by atoms with van der Waals surface area (Å²) in [6.45, 7) is 0.118. The minimum absolute atomic E-state index is 0.0573. The van der Waals surface area contributed by atoms with E-state index in [2.05, 4.69) is 0 Å². The van der Waals surface area contributed by atoms with Gasteiger partial charge in [0.05, 0.1) is 13.2 Å². The molecule has 4 nitrogen and oxygen atoms in total. The zero-order chi connectivity index (χ0) is 9.84. The van der Waals surface area contributed by atoms with Gasteiger partial charge in [0.15, 0.2) is 0 Å². The molecule has 0 spiro atoms.